The van der Waals surface area contributed by atoms with Gasteiger partial charge in [0.2, 0.25) is 0 Å². The number of aldehydes is 1. The Hall–Kier alpha value is -1.61. The van der Waals surface area contributed by atoms with Crippen molar-refractivity contribution in [1.82, 2.24) is 0 Å². The van der Waals surface area contributed by atoms with E-state index in [0.717, 1.165) is 22.8 Å². The summed E-state index contributed by atoms with van der Waals surface area (Å²) in [7, 11) is 0. The van der Waals surface area contributed by atoms with Gasteiger partial charge in [-0.25, -0.2) is 0 Å². The predicted molar refractivity (Wildman–Crippen MR) is 54.8 cm³/mol. The highest BCUT2D eigenvalue weighted by atomic mass is 16.5. The average Bonchev–Trinajstić information content (AvgIpc) is 2.62. The summed E-state index contributed by atoms with van der Waals surface area (Å²) in [5.41, 5.74) is 1.28. The van der Waals surface area contributed by atoms with Crippen LogP contribution in [0.4, 0.5) is 0 Å². The molecule has 1 saturated heterocycles. The second-order valence-corrected chi connectivity index (χ2v) is 3.91. The number of carbonyl (C=O) groups excluding carboxylic acids is 1. The van der Waals surface area contributed by atoms with Gasteiger partial charge in [0.05, 0.1) is 19.5 Å². The van der Waals surface area contributed by atoms with Crippen LogP contribution in [0.15, 0.2) is 34.9 Å². The Morgan fingerprint density at radius 1 is 1.27 bits per heavy atom. The zero-order valence-corrected chi connectivity index (χ0v) is 8.10. The molecule has 0 unspecified atom stereocenters. The standard InChI is InChI=1S/C12H10O3/c13-6-12(7-14-8-12)10-5-15-11-4-2-1-3-9(10)11/h1-6H,7-8H2. The molecule has 3 nitrogen and oxygen atoms in total. The molecular weight excluding hydrogens is 192 g/mol. The van der Waals surface area contributed by atoms with Crippen molar-refractivity contribution in [3.8, 4) is 0 Å². The Bertz CT molecular complexity index is 508. The van der Waals surface area contributed by atoms with Crippen LogP contribution in [0.1, 0.15) is 5.56 Å². The first-order chi connectivity index (χ1) is 7.36. The van der Waals surface area contributed by atoms with Gasteiger partial charge in [-0.15, -0.1) is 0 Å². The van der Waals surface area contributed by atoms with Gasteiger partial charge >= 0.3 is 0 Å². The minimum Gasteiger partial charge on any atom is -0.464 e. The van der Waals surface area contributed by atoms with Crippen LogP contribution >= 0.6 is 0 Å². The van der Waals surface area contributed by atoms with E-state index < -0.39 is 5.41 Å². The largest absolute Gasteiger partial charge is 0.464 e. The predicted octanol–water partition coefficient (Wildman–Crippen LogP) is 1.90. The van der Waals surface area contributed by atoms with Gasteiger partial charge in [-0.05, 0) is 6.07 Å². The van der Waals surface area contributed by atoms with Crippen LogP contribution in [0.3, 0.4) is 0 Å². The van der Waals surface area contributed by atoms with Crippen LogP contribution in [0, 0.1) is 0 Å². The van der Waals surface area contributed by atoms with E-state index in [4.69, 9.17) is 9.15 Å². The lowest BCUT2D eigenvalue weighted by Crippen LogP contribution is -2.47. The molecule has 0 saturated carbocycles. The van der Waals surface area contributed by atoms with Gasteiger partial charge < -0.3 is 13.9 Å². The van der Waals surface area contributed by atoms with Crippen LogP contribution in [-0.4, -0.2) is 19.5 Å². The molecular formula is C12H10O3. The number of hydrogen-bond donors (Lipinski definition) is 0. The van der Waals surface area contributed by atoms with Gasteiger partial charge in [0, 0.05) is 10.9 Å². The lowest BCUT2D eigenvalue weighted by Gasteiger charge is -2.35. The SMILES string of the molecule is O=CC1(c2coc3ccccc23)COC1. The molecule has 1 aliphatic rings. The molecule has 0 spiro atoms. The van der Waals surface area contributed by atoms with E-state index in [1.165, 1.54) is 0 Å². The Kier molecular flexibility index (Phi) is 1.70. The van der Waals surface area contributed by atoms with Gasteiger partial charge in [-0.2, -0.15) is 0 Å². The van der Waals surface area contributed by atoms with Crippen LogP contribution < -0.4 is 0 Å². The molecule has 3 heteroatoms. The van der Waals surface area contributed by atoms with Gasteiger partial charge in [0.15, 0.2) is 0 Å². The van der Waals surface area contributed by atoms with Crippen molar-refractivity contribution in [2.75, 3.05) is 13.2 Å². The quantitative estimate of drug-likeness (QED) is 0.698. The third kappa shape index (κ3) is 1.07. The Morgan fingerprint density at radius 3 is 2.73 bits per heavy atom. The molecule has 1 aromatic heterocycles. The third-order valence-electron chi connectivity index (χ3n) is 2.96. The molecule has 2 heterocycles. The molecule has 0 N–H and O–H groups in total. The molecule has 0 atom stereocenters. The molecule has 3 rings (SSSR count). The number of fused-ring (bicyclic) bond motifs is 1. The van der Waals surface area contributed by atoms with Gasteiger partial charge in [0.1, 0.15) is 17.3 Å². The lowest BCUT2D eigenvalue weighted by molar-refractivity contribution is -0.129. The summed E-state index contributed by atoms with van der Waals surface area (Å²) in [4.78, 5) is 11.1. The first-order valence-corrected chi connectivity index (χ1v) is 4.86. The number of hydrogen-bond acceptors (Lipinski definition) is 3. The van der Waals surface area contributed by atoms with Crippen LogP contribution in [0.5, 0.6) is 0 Å². The first kappa shape index (κ1) is 8.68. The minimum atomic E-state index is -0.480. The Morgan fingerprint density at radius 2 is 2.07 bits per heavy atom. The lowest BCUT2D eigenvalue weighted by atomic mass is 9.80. The molecule has 0 aliphatic carbocycles. The molecule has 2 aromatic rings. The van der Waals surface area contributed by atoms with E-state index in [0.29, 0.717) is 13.2 Å². The van der Waals surface area contributed by atoms with Crippen molar-refractivity contribution < 1.29 is 13.9 Å². The molecule has 15 heavy (non-hydrogen) atoms. The van der Waals surface area contributed by atoms with Crippen molar-refractivity contribution >= 4 is 17.3 Å². The van der Waals surface area contributed by atoms with Gasteiger partial charge in [-0.3, -0.25) is 0 Å². The highest BCUT2D eigenvalue weighted by Gasteiger charge is 2.42. The molecule has 76 valence electrons. The maximum atomic E-state index is 11.1. The fourth-order valence-electron chi connectivity index (χ4n) is 1.97. The summed E-state index contributed by atoms with van der Waals surface area (Å²) >= 11 is 0. The molecule has 0 bridgehead atoms. The second kappa shape index (κ2) is 2.94. The summed E-state index contributed by atoms with van der Waals surface area (Å²) < 4.78 is 10.5. The van der Waals surface area contributed by atoms with Crippen molar-refractivity contribution in [3.05, 3.63) is 36.1 Å². The molecule has 1 aromatic carbocycles. The molecule has 1 fully saturated rings. The molecule has 0 radical (unpaired) electrons. The van der Waals surface area contributed by atoms with Gasteiger partial charge in [-0.1, -0.05) is 18.2 Å². The van der Waals surface area contributed by atoms with E-state index in [1.807, 2.05) is 24.3 Å². The van der Waals surface area contributed by atoms with Crippen molar-refractivity contribution in [1.29, 1.82) is 0 Å². The number of para-hydroxylation sites is 1. The van der Waals surface area contributed by atoms with Crippen molar-refractivity contribution in [3.63, 3.8) is 0 Å². The van der Waals surface area contributed by atoms with Crippen LogP contribution in [0.25, 0.3) is 11.0 Å². The van der Waals surface area contributed by atoms with E-state index in [1.54, 1.807) is 6.26 Å². The second-order valence-electron chi connectivity index (χ2n) is 3.91. The highest BCUT2D eigenvalue weighted by Crippen LogP contribution is 2.36. The summed E-state index contributed by atoms with van der Waals surface area (Å²) in [5.74, 6) is 0. The van der Waals surface area contributed by atoms with E-state index in [2.05, 4.69) is 0 Å². The fraction of sp³-hybridized carbons (Fsp3) is 0.250. The van der Waals surface area contributed by atoms with Crippen molar-refractivity contribution in [2.24, 2.45) is 0 Å². The monoisotopic (exact) mass is 202 g/mol. The number of benzene rings is 1. The van der Waals surface area contributed by atoms with E-state index in [-0.39, 0.29) is 0 Å². The minimum absolute atomic E-state index is 0.458. The van der Waals surface area contributed by atoms with Gasteiger partial charge in [0.25, 0.3) is 0 Å². The number of carbonyl (C=O) groups is 1. The zero-order chi connectivity index (χ0) is 10.3. The molecule has 0 amide bonds. The molecule has 1 aliphatic heterocycles. The van der Waals surface area contributed by atoms with Crippen molar-refractivity contribution in [2.45, 2.75) is 5.41 Å². The maximum Gasteiger partial charge on any atom is 0.135 e. The zero-order valence-electron chi connectivity index (χ0n) is 8.10. The first-order valence-electron chi connectivity index (χ1n) is 4.86. The van der Waals surface area contributed by atoms with Crippen LogP contribution in [-0.2, 0) is 14.9 Å². The number of furan rings is 1. The summed E-state index contributed by atoms with van der Waals surface area (Å²) in [6.45, 7) is 0.917. The number of rotatable bonds is 2. The normalized spacial score (nSPS) is 18.7. The number of ether oxygens (including phenoxy) is 1. The highest BCUT2D eigenvalue weighted by molar-refractivity contribution is 5.87. The smallest absolute Gasteiger partial charge is 0.135 e. The van der Waals surface area contributed by atoms with Crippen LogP contribution in [0.2, 0.25) is 0 Å². The third-order valence-corrected chi connectivity index (χ3v) is 2.96. The Balaban J connectivity index is 2.22. The Labute approximate surface area is 86.6 Å². The topological polar surface area (TPSA) is 39.4 Å². The summed E-state index contributed by atoms with van der Waals surface area (Å²) in [6, 6.07) is 7.73. The maximum absolute atomic E-state index is 11.1. The van der Waals surface area contributed by atoms with E-state index in [9.17, 15) is 4.79 Å². The summed E-state index contributed by atoms with van der Waals surface area (Å²) in [5, 5.41) is 1.01. The fourth-order valence-corrected chi connectivity index (χ4v) is 1.97. The van der Waals surface area contributed by atoms with E-state index >= 15 is 0 Å². The average molecular weight is 202 g/mol. The summed E-state index contributed by atoms with van der Waals surface area (Å²) in [6.07, 6.45) is 2.63.